The Bertz CT molecular complexity index is 397. The van der Waals surface area contributed by atoms with Crippen molar-refractivity contribution in [1.82, 2.24) is 14.7 Å². The van der Waals surface area contributed by atoms with E-state index in [-0.39, 0.29) is 5.91 Å². The Morgan fingerprint density at radius 2 is 1.82 bits per heavy atom. The molecule has 92 valence electrons. The molecule has 0 aliphatic carbocycles. The van der Waals surface area contributed by atoms with E-state index in [1.807, 2.05) is 25.4 Å². The first kappa shape index (κ1) is 12.1. The van der Waals surface area contributed by atoms with Crippen LogP contribution in [-0.2, 0) is 4.79 Å². The number of thiocarbonyl (C=S) groups is 1. The first-order chi connectivity index (χ1) is 8.11. The first-order valence-electron chi connectivity index (χ1n) is 5.79. The highest BCUT2D eigenvalue weighted by Gasteiger charge is 2.32. The molecule has 0 saturated carbocycles. The number of hydrogen-bond acceptors (Lipinski definition) is 3. The van der Waals surface area contributed by atoms with E-state index in [9.17, 15) is 4.79 Å². The van der Waals surface area contributed by atoms with Crippen molar-refractivity contribution in [3.8, 4) is 0 Å². The lowest BCUT2D eigenvalue weighted by atomic mass is 10.3. The van der Waals surface area contributed by atoms with Gasteiger partial charge in [0.1, 0.15) is 5.70 Å². The molecule has 2 saturated heterocycles. The lowest BCUT2D eigenvalue weighted by Gasteiger charge is -2.11. The van der Waals surface area contributed by atoms with Crippen LogP contribution in [0, 0.1) is 0 Å². The van der Waals surface area contributed by atoms with E-state index < -0.39 is 0 Å². The molecule has 0 spiro atoms. The van der Waals surface area contributed by atoms with Gasteiger partial charge in [0.25, 0.3) is 5.91 Å². The predicted octanol–water partition coefficient (Wildman–Crippen LogP) is 1.17. The summed E-state index contributed by atoms with van der Waals surface area (Å²) in [6.45, 7) is 2.23. The Labute approximate surface area is 107 Å². The van der Waals surface area contributed by atoms with Crippen LogP contribution in [0.5, 0.6) is 0 Å². The van der Waals surface area contributed by atoms with Gasteiger partial charge in [-0.15, -0.1) is 0 Å². The van der Waals surface area contributed by atoms with Crippen LogP contribution < -0.4 is 0 Å². The van der Waals surface area contributed by atoms with E-state index >= 15 is 0 Å². The maximum absolute atomic E-state index is 11.8. The average Bonchev–Trinajstić information content (AvgIpc) is 2.89. The molecule has 2 aliphatic heterocycles. The van der Waals surface area contributed by atoms with Crippen molar-refractivity contribution in [1.29, 1.82) is 0 Å². The third kappa shape index (κ3) is 2.34. The lowest BCUT2D eigenvalue weighted by Crippen LogP contribution is -2.26. The summed E-state index contributed by atoms with van der Waals surface area (Å²) in [5.41, 5.74) is 0.632. The SMILES string of the molecule is CN1C(=O)/C(=C\C=C\N2CCCC2)N(C)C1=S. The van der Waals surface area contributed by atoms with Crippen LogP contribution in [0.2, 0.25) is 0 Å². The molecule has 1 amide bonds. The second-order valence-corrected chi connectivity index (χ2v) is 4.71. The molecule has 0 bridgehead atoms. The summed E-state index contributed by atoms with van der Waals surface area (Å²) in [7, 11) is 3.52. The quantitative estimate of drug-likeness (QED) is 0.544. The van der Waals surface area contributed by atoms with Gasteiger partial charge in [-0.3, -0.25) is 9.69 Å². The molecule has 0 atom stereocenters. The van der Waals surface area contributed by atoms with Crippen LogP contribution in [0.15, 0.2) is 24.0 Å². The summed E-state index contributed by atoms with van der Waals surface area (Å²) in [4.78, 5) is 17.3. The zero-order chi connectivity index (χ0) is 12.4. The minimum atomic E-state index is -0.0384. The Morgan fingerprint density at radius 1 is 1.18 bits per heavy atom. The number of allylic oxidation sites excluding steroid dienone is 2. The summed E-state index contributed by atoms with van der Waals surface area (Å²) in [5, 5.41) is 0.552. The van der Waals surface area contributed by atoms with E-state index in [1.54, 1.807) is 11.9 Å². The zero-order valence-corrected chi connectivity index (χ0v) is 11.0. The molecule has 0 aromatic heterocycles. The van der Waals surface area contributed by atoms with E-state index in [0.717, 1.165) is 13.1 Å². The van der Waals surface area contributed by atoms with Crippen LogP contribution in [-0.4, -0.2) is 52.9 Å². The van der Waals surface area contributed by atoms with E-state index in [4.69, 9.17) is 12.2 Å². The van der Waals surface area contributed by atoms with Gasteiger partial charge < -0.3 is 9.80 Å². The van der Waals surface area contributed by atoms with Crippen molar-refractivity contribution in [3.05, 3.63) is 24.0 Å². The van der Waals surface area contributed by atoms with Gasteiger partial charge in [0.15, 0.2) is 5.11 Å². The monoisotopic (exact) mass is 251 g/mol. The molecular weight excluding hydrogens is 234 g/mol. The van der Waals surface area contributed by atoms with Gasteiger partial charge in [-0.1, -0.05) is 0 Å². The standard InChI is InChI=1S/C12H17N3OS/c1-13-10(11(16)14(2)12(13)17)6-5-9-15-7-3-4-8-15/h5-6,9H,3-4,7-8H2,1-2H3/b9-5+,10-6+. The summed E-state index contributed by atoms with van der Waals surface area (Å²) in [6.07, 6.45) is 8.31. The van der Waals surface area contributed by atoms with Gasteiger partial charge in [-0.05, 0) is 43.4 Å². The average molecular weight is 251 g/mol. The van der Waals surface area contributed by atoms with Gasteiger partial charge in [-0.25, -0.2) is 0 Å². The van der Waals surface area contributed by atoms with Crippen molar-refractivity contribution >= 4 is 23.2 Å². The van der Waals surface area contributed by atoms with Crippen LogP contribution in [0.25, 0.3) is 0 Å². The topological polar surface area (TPSA) is 26.8 Å². The van der Waals surface area contributed by atoms with Gasteiger partial charge in [0, 0.05) is 27.2 Å². The highest BCUT2D eigenvalue weighted by molar-refractivity contribution is 7.80. The van der Waals surface area contributed by atoms with E-state index in [1.165, 1.54) is 17.7 Å². The Kier molecular flexibility index (Phi) is 3.47. The highest BCUT2D eigenvalue weighted by Crippen LogP contribution is 2.17. The fourth-order valence-electron chi connectivity index (χ4n) is 2.06. The van der Waals surface area contributed by atoms with Crippen molar-refractivity contribution in [2.24, 2.45) is 0 Å². The summed E-state index contributed by atoms with van der Waals surface area (Å²) < 4.78 is 0. The van der Waals surface area contributed by atoms with Gasteiger partial charge in [0.2, 0.25) is 0 Å². The molecule has 2 aliphatic rings. The van der Waals surface area contributed by atoms with E-state index in [2.05, 4.69) is 4.90 Å². The van der Waals surface area contributed by atoms with Crippen molar-refractivity contribution in [3.63, 3.8) is 0 Å². The molecule has 2 heterocycles. The molecule has 5 heteroatoms. The fraction of sp³-hybridized carbons (Fsp3) is 0.500. The Morgan fingerprint density at radius 3 is 2.35 bits per heavy atom. The van der Waals surface area contributed by atoms with Crippen molar-refractivity contribution in [2.75, 3.05) is 27.2 Å². The van der Waals surface area contributed by atoms with Crippen LogP contribution in [0.3, 0.4) is 0 Å². The summed E-state index contributed by atoms with van der Waals surface area (Å²) >= 11 is 5.13. The summed E-state index contributed by atoms with van der Waals surface area (Å²) in [6, 6.07) is 0. The number of carbonyl (C=O) groups excluding carboxylic acids is 1. The molecule has 0 radical (unpaired) electrons. The normalized spacial score (nSPS) is 23.9. The van der Waals surface area contributed by atoms with Crippen molar-refractivity contribution < 1.29 is 4.79 Å². The maximum atomic E-state index is 11.8. The number of rotatable bonds is 2. The molecule has 0 N–H and O–H groups in total. The lowest BCUT2D eigenvalue weighted by molar-refractivity contribution is -0.121. The fourth-order valence-corrected chi connectivity index (χ4v) is 2.24. The number of likely N-dealkylation sites (N-methyl/N-ethyl adjacent to an activating group) is 2. The van der Waals surface area contributed by atoms with E-state index in [0.29, 0.717) is 10.8 Å². The smallest absolute Gasteiger partial charge is 0.276 e. The van der Waals surface area contributed by atoms with Crippen LogP contribution in [0.4, 0.5) is 0 Å². The largest absolute Gasteiger partial charge is 0.377 e. The van der Waals surface area contributed by atoms with Crippen LogP contribution >= 0.6 is 12.2 Å². The minimum Gasteiger partial charge on any atom is -0.377 e. The first-order valence-corrected chi connectivity index (χ1v) is 6.20. The molecule has 2 fully saturated rings. The van der Waals surface area contributed by atoms with Gasteiger partial charge in [0.05, 0.1) is 0 Å². The number of likely N-dealkylation sites (tertiary alicyclic amines) is 1. The third-order valence-electron chi connectivity index (χ3n) is 3.15. The zero-order valence-electron chi connectivity index (χ0n) is 10.2. The molecule has 0 aromatic carbocycles. The third-order valence-corrected chi connectivity index (χ3v) is 3.70. The van der Waals surface area contributed by atoms with Crippen LogP contribution in [0.1, 0.15) is 12.8 Å². The summed E-state index contributed by atoms with van der Waals surface area (Å²) in [5.74, 6) is -0.0384. The molecular formula is C12H17N3OS. The molecule has 0 unspecified atom stereocenters. The Hall–Kier alpha value is -1.36. The number of hydrogen-bond donors (Lipinski definition) is 0. The molecule has 17 heavy (non-hydrogen) atoms. The van der Waals surface area contributed by atoms with Gasteiger partial charge >= 0.3 is 0 Å². The van der Waals surface area contributed by atoms with Gasteiger partial charge in [-0.2, -0.15) is 0 Å². The molecule has 2 rings (SSSR count). The maximum Gasteiger partial charge on any atom is 0.276 e. The minimum absolute atomic E-state index is 0.0384. The number of carbonyl (C=O) groups is 1. The predicted molar refractivity (Wildman–Crippen MR) is 71.2 cm³/mol. The highest BCUT2D eigenvalue weighted by atomic mass is 32.1. The molecule has 4 nitrogen and oxygen atoms in total. The number of amides is 1. The molecule has 0 aromatic rings. The second-order valence-electron chi connectivity index (χ2n) is 4.34. The Balaban J connectivity index is 2.06. The van der Waals surface area contributed by atoms with Crippen molar-refractivity contribution in [2.45, 2.75) is 12.8 Å². The second kappa shape index (κ2) is 4.87. The number of nitrogens with zero attached hydrogens (tertiary/aromatic N) is 3.